The maximum Gasteiger partial charge on any atom is 0.169 e. The van der Waals surface area contributed by atoms with Crippen LogP contribution in [0.1, 0.15) is 69.9 Å². The predicted molar refractivity (Wildman–Crippen MR) is 132 cm³/mol. The highest BCUT2D eigenvalue weighted by molar-refractivity contribution is 7.85. The highest BCUT2D eigenvalue weighted by Crippen LogP contribution is 2.19. The van der Waals surface area contributed by atoms with Gasteiger partial charge in [0.05, 0.1) is 10.1 Å². The minimum atomic E-state index is -4.14. The van der Waals surface area contributed by atoms with E-state index in [1.165, 1.54) is 44.2 Å². The minimum Gasteiger partial charge on any atom is -0.748 e. The molecule has 0 bridgehead atoms. The van der Waals surface area contributed by atoms with Crippen LogP contribution >= 0.6 is 0 Å². The van der Waals surface area contributed by atoms with Crippen molar-refractivity contribution >= 4 is 28.0 Å². The van der Waals surface area contributed by atoms with E-state index in [9.17, 15) is 13.0 Å². The highest BCUT2D eigenvalue weighted by atomic mass is 32.2. The summed E-state index contributed by atoms with van der Waals surface area (Å²) in [5.41, 5.74) is 3.53. The van der Waals surface area contributed by atoms with E-state index in [-0.39, 0.29) is 5.75 Å². The summed E-state index contributed by atoms with van der Waals surface area (Å²) in [5, 5.41) is 0. The Hall–Kier alpha value is -2.18. The van der Waals surface area contributed by atoms with E-state index in [0.29, 0.717) is 13.0 Å². The second-order valence-corrected chi connectivity index (χ2v) is 9.83. The lowest BCUT2D eigenvalue weighted by Crippen LogP contribution is -2.33. The van der Waals surface area contributed by atoms with Crippen LogP contribution in [-0.2, 0) is 16.7 Å². The molecule has 0 aliphatic heterocycles. The van der Waals surface area contributed by atoms with Crippen LogP contribution in [0, 0.1) is 0 Å². The molecule has 0 spiro atoms. The Kier molecular flexibility index (Phi) is 11.5. The molecule has 0 atom stereocenters. The molecular weight excluding hydrogens is 420 g/mol. The molecule has 0 saturated carbocycles. The van der Waals surface area contributed by atoms with Gasteiger partial charge in [-0.05, 0) is 36.1 Å². The number of aromatic nitrogens is 1. The van der Waals surface area contributed by atoms with Gasteiger partial charge in [0, 0.05) is 43.1 Å². The lowest BCUT2D eigenvalue weighted by atomic mass is 10.1. The highest BCUT2D eigenvalue weighted by Gasteiger charge is 2.06. The molecule has 0 aliphatic rings. The zero-order valence-electron chi connectivity index (χ0n) is 19.6. The Morgan fingerprint density at radius 3 is 1.84 bits per heavy atom. The van der Waals surface area contributed by atoms with Crippen LogP contribution in [0.4, 0.5) is 5.69 Å². The summed E-state index contributed by atoms with van der Waals surface area (Å²) < 4.78 is 34.0. The molecule has 176 valence electrons. The van der Waals surface area contributed by atoms with Gasteiger partial charge in [-0.15, -0.1) is 0 Å². The Morgan fingerprint density at radius 2 is 1.34 bits per heavy atom. The first-order valence-electron chi connectivity index (χ1n) is 11.9. The molecule has 1 aromatic carbocycles. The van der Waals surface area contributed by atoms with Gasteiger partial charge in [-0.2, -0.15) is 0 Å². The fourth-order valence-corrected chi connectivity index (χ4v) is 4.10. The molecule has 0 unspecified atom stereocenters. The summed E-state index contributed by atoms with van der Waals surface area (Å²) in [6.45, 7) is 7.25. The van der Waals surface area contributed by atoms with Gasteiger partial charge in [0.1, 0.15) is 6.54 Å². The van der Waals surface area contributed by atoms with Gasteiger partial charge >= 0.3 is 0 Å². The maximum absolute atomic E-state index is 10.7. The smallest absolute Gasteiger partial charge is 0.169 e. The van der Waals surface area contributed by atoms with Gasteiger partial charge in [-0.1, -0.05) is 63.8 Å². The van der Waals surface area contributed by atoms with Gasteiger partial charge in [-0.3, -0.25) is 0 Å². The largest absolute Gasteiger partial charge is 0.748 e. The Labute approximate surface area is 194 Å². The van der Waals surface area contributed by atoms with Crippen molar-refractivity contribution in [2.45, 2.75) is 65.3 Å². The lowest BCUT2D eigenvalue weighted by molar-refractivity contribution is -0.696. The summed E-state index contributed by atoms with van der Waals surface area (Å²) in [4.78, 5) is 2.52. The third-order valence-electron chi connectivity index (χ3n) is 5.52. The number of pyridine rings is 1. The molecule has 0 fully saturated rings. The summed E-state index contributed by atoms with van der Waals surface area (Å²) in [6, 6.07) is 12.8. The van der Waals surface area contributed by atoms with Gasteiger partial charge in [0.15, 0.2) is 12.4 Å². The third kappa shape index (κ3) is 10.4. The summed E-state index contributed by atoms with van der Waals surface area (Å²) in [5.74, 6) is -0.327. The first-order valence-corrected chi connectivity index (χ1v) is 13.4. The van der Waals surface area contributed by atoms with E-state index in [1.807, 2.05) is 29.1 Å². The van der Waals surface area contributed by atoms with Crippen molar-refractivity contribution in [3.05, 3.63) is 59.9 Å². The van der Waals surface area contributed by atoms with E-state index in [0.717, 1.165) is 24.2 Å². The Bertz CT molecular complexity index is 897. The number of anilines is 1. The molecule has 1 heterocycles. The van der Waals surface area contributed by atoms with Gasteiger partial charge in [0.2, 0.25) is 0 Å². The second kappa shape index (κ2) is 14.1. The zero-order valence-corrected chi connectivity index (χ0v) is 20.4. The monoisotopic (exact) mass is 458 g/mol. The van der Waals surface area contributed by atoms with E-state index in [2.05, 4.69) is 55.2 Å². The summed E-state index contributed by atoms with van der Waals surface area (Å²) in [7, 11) is -4.14. The molecule has 6 heteroatoms. The third-order valence-corrected chi connectivity index (χ3v) is 6.31. The molecule has 0 radical (unpaired) electrons. The quantitative estimate of drug-likeness (QED) is 0.207. The molecular formula is C26H38N2O3S. The van der Waals surface area contributed by atoms with Crippen molar-refractivity contribution < 1.29 is 17.5 Å². The van der Waals surface area contributed by atoms with Crippen LogP contribution < -0.4 is 9.47 Å². The summed E-state index contributed by atoms with van der Waals surface area (Å²) >= 11 is 0. The molecule has 0 N–H and O–H groups in total. The van der Waals surface area contributed by atoms with Gasteiger partial charge in [-0.25, -0.2) is 13.0 Å². The molecule has 2 aromatic rings. The van der Waals surface area contributed by atoms with E-state index >= 15 is 0 Å². The average Bonchev–Trinajstić information content (AvgIpc) is 2.77. The van der Waals surface area contributed by atoms with E-state index in [4.69, 9.17) is 0 Å². The number of hydrogen-bond donors (Lipinski definition) is 0. The minimum absolute atomic E-state index is 0.325. The standard InChI is InChI=1S/C26H38N2O3S/c1-3-5-7-19-28(20-8-6-4-2)26-14-12-24(13-15-26)10-11-25-16-21-27(22-17-25)18-9-23-32(29,30)31/h10-17,21-22H,3-9,18-20,23H2,1-2H3. The lowest BCUT2D eigenvalue weighted by Gasteiger charge is -2.25. The fourth-order valence-electron chi connectivity index (χ4n) is 3.62. The molecule has 2 rings (SSSR count). The molecule has 5 nitrogen and oxygen atoms in total. The molecule has 0 aliphatic carbocycles. The van der Waals surface area contributed by atoms with Crippen LogP contribution in [0.5, 0.6) is 0 Å². The van der Waals surface area contributed by atoms with Crippen molar-refractivity contribution in [2.75, 3.05) is 23.7 Å². The number of unbranched alkanes of at least 4 members (excludes halogenated alkanes) is 4. The maximum atomic E-state index is 10.7. The molecule has 0 saturated heterocycles. The second-order valence-electron chi connectivity index (χ2n) is 8.31. The number of benzene rings is 1. The van der Waals surface area contributed by atoms with Crippen LogP contribution in [-0.4, -0.2) is 31.8 Å². The molecule has 0 amide bonds. The Balaban J connectivity index is 1.93. The number of aryl methyl sites for hydroxylation is 1. The van der Waals surface area contributed by atoms with Gasteiger partial charge in [0.25, 0.3) is 0 Å². The van der Waals surface area contributed by atoms with Crippen molar-refractivity contribution in [2.24, 2.45) is 0 Å². The average molecular weight is 459 g/mol. The first kappa shape index (κ1) is 26.1. The van der Waals surface area contributed by atoms with Gasteiger partial charge < -0.3 is 9.45 Å². The Morgan fingerprint density at radius 1 is 0.812 bits per heavy atom. The normalized spacial score (nSPS) is 11.8. The predicted octanol–water partition coefficient (Wildman–Crippen LogP) is 5.27. The fraction of sp³-hybridized carbons (Fsp3) is 0.500. The summed E-state index contributed by atoms with van der Waals surface area (Å²) in [6.07, 6.45) is 15.8. The van der Waals surface area contributed by atoms with Crippen LogP contribution in [0.25, 0.3) is 12.2 Å². The molecule has 1 aromatic heterocycles. The van der Waals surface area contributed by atoms with Crippen molar-refractivity contribution in [3.63, 3.8) is 0 Å². The van der Waals surface area contributed by atoms with Crippen LogP contribution in [0.3, 0.4) is 0 Å². The molecule has 32 heavy (non-hydrogen) atoms. The SMILES string of the molecule is CCCCCN(CCCCC)c1ccc(C=Cc2cc[n+](CCCS(=O)(=O)[O-])cc2)cc1. The van der Waals surface area contributed by atoms with E-state index in [1.54, 1.807) is 0 Å². The van der Waals surface area contributed by atoms with Crippen molar-refractivity contribution in [1.82, 2.24) is 0 Å². The zero-order chi connectivity index (χ0) is 23.2. The van der Waals surface area contributed by atoms with Crippen molar-refractivity contribution in [1.29, 1.82) is 0 Å². The number of nitrogens with zero attached hydrogens (tertiary/aromatic N) is 2. The number of hydrogen-bond acceptors (Lipinski definition) is 4. The van der Waals surface area contributed by atoms with Crippen LogP contribution in [0.2, 0.25) is 0 Å². The van der Waals surface area contributed by atoms with Crippen molar-refractivity contribution in [3.8, 4) is 0 Å². The van der Waals surface area contributed by atoms with Crippen LogP contribution in [0.15, 0.2) is 48.8 Å². The topological polar surface area (TPSA) is 64.3 Å². The van der Waals surface area contributed by atoms with E-state index < -0.39 is 10.1 Å². The number of rotatable bonds is 15. The first-order chi connectivity index (χ1) is 15.4.